The fourth-order valence-corrected chi connectivity index (χ4v) is 2.47. The number of hydrogen-bond acceptors (Lipinski definition) is 6. The van der Waals surface area contributed by atoms with Crippen molar-refractivity contribution in [2.24, 2.45) is 0 Å². The molecule has 0 aliphatic carbocycles. The number of aromatic nitrogens is 1. The van der Waals surface area contributed by atoms with E-state index in [-0.39, 0.29) is 24.2 Å². The largest absolute Gasteiger partial charge is 0.382 e. The van der Waals surface area contributed by atoms with Crippen molar-refractivity contribution in [2.75, 3.05) is 44.8 Å². The van der Waals surface area contributed by atoms with Gasteiger partial charge in [-0.25, -0.2) is 4.98 Å². The normalized spacial score (nSPS) is 16.0. The van der Waals surface area contributed by atoms with Gasteiger partial charge in [-0.2, -0.15) is 0 Å². The first-order valence-corrected chi connectivity index (χ1v) is 6.32. The molecule has 0 radical (unpaired) electrons. The van der Waals surface area contributed by atoms with Gasteiger partial charge in [0.1, 0.15) is 17.2 Å². The first-order chi connectivity index (χ1) is 8.52. The Morgan fingerprint density at radius 1 is 1.50 bits per heavy atom. The third-order valence-electron chi connectivity index (χ3n) is 2.81. The summed E-state index contributed by atoms with van der Waals surface area (Å²) in [6, 6.07) is 0. The lowest BCUT2D eigenvalue weighted by Crippen LogP contribution is -2.50. The van der Waals surface area contributed by atoms with Crippen molar-refractivity contribution < 1.29 is 9.59 Å². The Labute approximate surface area is 109 Å². The smallest absolute Gasteiger partial charge is 0.268 e. The molecule has 7 nitrogen and oxygen atoms in total. The van der Waals surface area contributed by atoms with Crippen LogP contribution in [0.2, 0.25) is 0 Å². The minimum Gasteiger partial charge on any atom is -0.382 e. The van der Waals surface area contributed by atoms with Crippen LogP contribution >= 0.6 is 11.3 Å². The van der Waals surface area contributed by atoms with Gasteiger partial charge < -0.3 is 20.9 Å². The second-order valence-corrected chi connectivity index (χ2v) is 5.02. The van der Waals surface area contributed by atoms with Crippen LogP contribution in [0.25, 0.3) is 0 Å². The average Bonchev–Trinajstić information content (AvgIpc) is 2.73. The molecule has 1 aliphatic heterocycles. The number of piperazine rings is 1. The summed E-state index contributed by atoms with van der Waals surface area (Å²) in [4.78, 5) is 31.3. The van der Waals surface area contributed by atoms with Gasteiger partial charge in [0, 0.05) is 27.2 Å². The summed E-state index contributed by atoms with van der Waals surface area (Å²) < 4.78 is 0. The molecule has 0 bridgehead atoms. The molecule has 18 heavy (non-hydrogen) atoms. The fourth-order valence-electron chi connectivity index (χ4n) is 1.67. The highest BCUT2D eigenvalue weighted by Gasteiger charge is 2.28. The molecule has 1 saturated heterocycles. The number of nitrogens with two attached hydrogens (primary N) is 1. The van der Waals surface area contributed by atoms with Gasteiger partial charge in [0.15, 0.2) is 5.13 Å². The molecular formula is C10H15N5O2S. The zero-order chi connectivity index (χ0) is 13.3. The highest BCUT2D eigenvalue weighted by Crippen LogP contribution is 2.26. The number of carbonyl (C=O) groups excluding carboxylic acids is 2. The molecule has 8 heteroatoms. The predicted molar refractivity (Wildman–Crippen MR) is 69.6 cm³/mol. The van der Waals surface area contributed by atoms with Crippen molar-refractivity contribution in [3.63, 3.8) is 0 Å². The molecule has 0 aromatic carbocycles. The van der Waals surface area contributed by atoms with E-state index in [4.69, 9.17) is 5.73 Å². The van der Waals surface area contributed by atoms with E-state index in [9.17, 15) is 9.59 Å². The molecule has 0 saturated carbocycles. The Kier molecular flexibility index (Phi) is 3.37. The molecule has 2 amide bonds. The lowest BCUT2D eigenvalue weighted by atomic mass is 10.3. The monoisotopic (exact) mass is 269 g/mol. The van der Waals surface area contributed by atoms with Crippen LogP contribution in [0, 0.1) is 0 Å². The van der Waals surface area contributed by atoms with Crippen LogP contribution in [0.4, 0.5) is 10.9 Å². The van der Waals surface area contributed by atoms with E-state index in [1.54, 1.807) is 19.0 Å². The van der Waals surface area contributed by atoms with Crippen molar-refractivity contribution in [2.45, 2.75) is 0 Å². The number of carbonyl (C=O) groups is 2. The number of likely N-dealkylation sites (N-methyl/N-ethyl adjacent to an activating group) is 1. The van der Waals surface area contributed by atoms with Crippen LogP contribution in [0.5, 0.6) is 0 Å². The Morgan fingerprint density at radius 3 is 2.78 bits per heavy atom. The summed E-state index contributed by atoms with van der Waals surface area (Å²) in [5.41, 5.74) is 5.70. The maximum absolute atomic E-state index is 12.2. The van der Waals surface area contributed by atoms with Crippen LogP contribution in [-0.4, -0.2) is 60.3 Å². The van der Waals surface area contributed by atoms with E-state index in [1.165, 1.54) is 16.2 Å². The quantitative estimate of drug-likeness (QED) is 0.768. The van der Waals surface area contributed by atoms with E-state index in [0.29, 0.717) is 23.1 Å². The van der Waals surface area contributed by atoms with Crippen LogP contribution in [0.1, 0.15) is 9.67 Å². The number of nitrogens with zero attached hydrogens (tertiary/aromatic N) is 3. The first-order valence-electron chi connectivity index (χ1n) is 5.50. The van der Waals surface area contributed by atoms with Gasteiger partial charge in [-0.1, -0.05) is 11.3 Å². The lowest BCUT2D eigenvalue weighted by molar-refractivity contribution is -0.133. The van der Waals surface area contributed by atoms with Gasteiger partial charge in [-0.15, -0.1) is 0 Å². The third-order valence-corrected chi connectivity index (χ3v) is 3.88. The Morgan fingerprint density at radius 2 is 2.22 bits per heavy atom. The number of anilines is 2. The number of amides is 2. The topological polar surface area (TPSA) is 91.6 Å². The van der Waals surface area contributed by atoms with Gasteiger partial charge in [-0.05, 0) is 0 Å². The minimum absolute atomic E-state index is 0.0634. The van der Waals surface area contributed by atoms with Gasteiger partial charge in [0.2, 0.25) is 5.91 Å². The zero-order valence-electron chi connectivity index (χ0n) is 10.3. The summed E-state index contributed by atoms with van der Waals surface area (Å²) >= 11 is 1.20. The number of nitrogen functional groups attached to an aromatic ring is 1. The van der Waals surface area contributed by atoms with E-state index >= 15 is 0 Å². The molecule has 3 N–H and O–H groups in total. The van der Waals surface area contributed by atoms with Crippen molar-refractivity contribution in [3.8, 4) is 0 Å². The average molecular weight is 269 g/mol. The lowest BCUT2D eigenvalue weighted by Gasteiger charge is -2.31. The molecule has 0 unspecified atom stereocenters. The highest BCUT2D eigenvalue weighted by molar-refractivity contribution is 7.18. The maximum atomic E-state index is 12.2. The van der Waals surface area contributed by atoms with Gasteiger partial charge >= 0.3 is 0 Å². The van der Waals surface area contributed by atoms with Crippen molar-refractivity contribution >= 4 is 34.1 Å². The predicted octanol–water partition coefficient (Wildman–Crippen LogP) is -0.319. The summed E-state index contributed by atoms with van der Waals surface area (Å²) in [5, 5.41) is 3.44. The van der Waals surface area contributed by atoms with Crippen molar-refractivity contribution in [1.82, 2.24) is 14.8 Å². The third kappa shape index (κ3) is 2.23. The number of hydrogen-bond donors (Lipinski definition) is 2. The van der Waals surface area contributed by atoms with Crippen LogP contribution in [0.15, 0.2) is 0 Å². The standard InChI is InChI=1S/C10H15N5O2S/c1-12-10-13-8(11)7(18-10)9(17)15-4-3-14(2)6(16)5-15/h3-5,11H2,1-2H3,(H,12,13). The molecule has 0 atom stereocenters. The Bertz CT molecular complexity index is 487. The number of nitrogens with one attached hydrogen (secondary N) is 1. The van der Waals surface area contributed by atoms with Gasteiger partial charge in [-0.3, -0.25) is 9.59 Å². The first kappa shape index (κ1) is 12.6. The summed E-state index contributed by atoms with van der Waals surface area (Å²) in [5.74, 6) is -0.0831. The second-order valence-electron chi connectivity index (χ2n) is 4.03. The van der Waals surface area contributed by atoms with Crippen molar-refractivity contribution in [3.05, 3.63) is 4.88 Å². The van der Waals surface area contributed by atoms with Crippen LogP contribution in [0.3, 0.4) is 0 Å². The number of rotatable bonds is 2. The highest BCUT2D eigenvalue weighted by atomic mass is 32.1. The molecule has 98 valence electrons. The molecule has 1 aromatic heterocycles. The molecular weight excluding hydrogens is 254 g/mol. The Hall–Kier alpha value is -1.83. The maximum Gasteiger partial charge on any atom is 0.268 e. The van der Waals surface area contributed by atoms with Gasteiger partial charge in [0.25, 0.3) is 5.91 Å². The van der Waals surface area contributed by atoms with Crippen LogP contribution in [-0.2, 0) is 4.79 Å². The molecule has 0 spiro atoms. The van der Waals surface area contributed by atoms with E-state index < -0.39 is 0 Å². The van der Waals surface area contributed by atoms with Crippen LogP contribution < -0.4 is 11.1 Å². The SMILES string of the molecule is CNc1nc(N)c(C(=O)N2CCN(C)C(=O)C2)s1. The fraction of sp³-hybridized carbons (Fsp3) is 0.500. The van der Waals surface area contributed by atoms with E-state index in [1.807, 2.05) is 0 Å². The van der Waals surface area contributed by atoms with Crippen molar-refractivity contribution in [1.29, 1.82) is 0 Å². The molecule has 1 aliphatic rings. The second kappa shape index (κ2) is 4.81. The summed E-state index contributed by atoms with van der Waals surface area (Å²) in [6.07, 6.45) is 0. The molecule has 1 fully saturated rings. The molecule has 1 aromatic rings. The number of thiazole rings is 1. The Balaban J connectivity index is 2.16. The molecule has 2 rings (SSSR count). The molecule has 2 heterocycles. The van der Waals surface area contributed by atoms with E-state index in [0.717, 1.165) is 0 Å². The minimum atomic E-state index is -0.229. The summed E-state index contributed by atoms with van der Waals surface area (Å²) in [6.45, 7) is 1.16. The van der Waals surface area contributed by atoms with E-state index in [2.05, 4.69) is 10.3 Å². The summed E-state index contributed by atoms with van der Waals surface area (Å²) in [7, 11) is 3.44. The van der Waals surface area contributed by atoms with Gasteiger partial charge in [0.05, 0.1) is 0 Å². The zero-order valence-corrected chi connectivity index (χ0v) is 11.1.